The molecule has 174 valence electrons. The monoisotopic (exact) mass is 459 g/mol. The van der Waals surface area contributed by atoms with Crippen molar-refractivity contribution >= 4 is 17.3 Å². The van der Waals surface area contributed by atoms with E-state index >= 15 is 0 Å². The fourth-order valence-corrected chi connectivity index (χ4v) is 5.21. The molecule has 2 aliphatic heterocycles. The number of carbonyl (C=O) groups is 1. The second-order valence-corrected chi connectivity index (χ2v) is 9.55. The molecular formula is C28H27F2N3O. The summed E-state index contributed by atoms with van der Waals surface area (Å²) in [4.78, 5) is 20.0. The SMILES string of the molecule is O=C(C1CC1)N1c2cc(F)ccc2N(CN2CCCC2)C1c1ccc(-c2ccc(F)cc2)cc1. The third-order valence-corrected chi connectivity index (χ3v) is 7.15. The van der Waals surface area contributed by atoms with Crippen molar-refractivity contribution < 1.29 is 13.6 Å². The molecule has 0 bridgehead atoms. The Balaban J connectivity index is 1.41. The summed E-state index contributed by atoms with van der Waals surface area (Å²) in [5, 5.41) is 0. The predicted octanol–water partition coefficient (Wildman–Crippen LogP) is 5.95. The number of halogens is 2. The van der Waals surface area contributed by atoms with Gasteiger partial charge in [-0.3, -0.25) is 14.6 Å². The fourth-order valence-electron chi connectivity index (χ4n) is 5.21. The van der Waals surface area contributed by atoms with Crippen molar-refractivity contribution in [2.75, 3.05) is 29.6 Å². The van der Waals surface area contributed by atoms with Crippen molar-refractivity contribution in [2.24, 2.45) is 5.92 Å². The van der Waals surface area contributed by atoms with E-state index in [4.69, 9.17) is 0 Å². The lowest BCUT2D eigenvalue weighted by atomic mass is 10.0. The molecule has 1 amide bonds. The van der Waals surface area contributed by atoms with E-state index in [-0.39, 0.29) is 29.6 Å². The van der Waals surface area contributed by atoms with Crippen LogP contribution >= 0.6 is 0 Å². The first-order valence-corrected chi connectivity index (χ1v) is 12.1. The minimum Gasteiger partial charge on any atom is -0.332 e. The lowest BCUT2D eigenvalue weighted by Crippen LogP contribution is -2.44. The van der Waals surface area contributed by atoms with Crippen molar-refractivity contribution in [3.05, 3.63) is 83.9 Å². The summed E-state index contributed by atoms with van der Waals surface area (Å²) < 4.78 is 27.7. The number of amides is 1. The number of benzene rings is 3. The van der Waals surface area contributed by atoms with Crippen LogP contribution in [0.25, 0.3) is 11.1 Å². The molecular weight excluding hydrogens is 432 g/mol. The van der Waals surface area contributed by atoms with E-state index in [9.17, 15) is 13.6 Å². The minimum absolute atomic E-state index is 0.0174. The van der Waals surface area contributed by atoms with Gasteiger partial charge in [-0.05, 0) is 85.8 Å². The van der Waals surface area contributed by atoms with Gasteiger partial charge in [-0.15, -0.1) is 0 Å². The number of anilines is 2. The average molecular weight is 460 g/mol. The zero-order valence-corrected chi connectivity index (χ0v) is 19.0. The summed E-state index contributed by atoms with van der Waals surface area (Å²) in [6.45, 7) is 2.75. The first kappa shape index (κ1) is 21.3. The molecule has 3 aromatic rings. The highest BCUT2D eigenvalue weighted by atomic mass is 19.1. The van der Waals surface area contributed by atoms with E-state index in [0.29, 0.717) is 12.4 Å². The van der Waals surface area contributed by atoms with Crippen LogP contribution in [0.5, 0.6) is 0 Å². The minimum atomic E-state index is -0.333. The van der Waals surface area contributed by atoms with Gasteiger partial charge in [0.2, 0.25) is 5.91 Å². The van der Waals surface area contributed by atoms with Gasteiger partial charge < -0.3 is 4.90 Å². The maximum atomic E-state index is 14.4. The van der Waals surface area contributed by atoms with Gasteiger partial charge in [-0.1, -0.05) is 36.4 Å². The molecule has 4 nitrogen and oxygen atoms in total. The molecule has 0 spiro atoms. The first-order valence-electron chi connectivity index (χ1n) is 12.1. The van der Waals surface area contributed by atoms with Crippen LogP contribution in [0.2, 0.25) is 0 Å². The molecule has 6 rings (SSSR count). The number of hydrogen-bond donors (Lipinski definition) is 0. The van der Waals surface area contributed by atoms with Crippen molar-refractivity contribution in [3.63, 3.8) is 0 Å². The Morgan fingerprint density at radius 1 is 0.794 bits per heavy atom. The molecule has 1 atom stereocenters. The molecule has 3 aromatic carbocycles. The number of nitrogens with zero attached hydrogens (tertiary/aromatic N) is 3. The number of fused-ring (bicyclic) bond motifs is 1. The normalized spacial score (nSPS) is 20.1. The van der Waals surface area contributed by atoms with Crippen LogP contribution in [-0.4, -0.2) is 30.6 Å². The van der Waals surface area contributed by atoms with Crippen LogP contribution in [0.3, 0.4) is 0 Å². The van der Waals surface area contributed by atoms with Gasteiger partial charge in [0.05, 0.1) is 18.0 Å². The molecule has 1 saturated carbocycles. The highest BCUT2D eigenvalue weighted by Gasteiger charge is 2.45. The second-order valence-electron chi connectivity index (χ2n) is 9.55. The van der Waals surface area contributed by atoms with Crippen LogP contribution in [0.15, 0.2) is 66.7 Å². The standard InChI is InChI=1S/C28H27F2N3O/c29-23-11-9-20(10-12-23)19-3-5-21(6-4-19)27-32(18-31-15-1-2-16-31)25-14-13-24(30)17-26(25)33(27)28(34)22-7-8-22/h3-6,9-14,17,22,27H,1-2,7-8,15-16,18H2. The second kappa shape index (κ2) is 8.51. The summed E-state index contributed by atoms with van der Waals surface area (Å²) in [6.07, 6.45) is 3.80. The zero-order valence-electron chi connectivity index (χ0n) is 19.0. The van der Waals surface area contributed by atoms with Crippen LogP contribution in [0.1, 0.15) is 37.4 Å². The maximum Gasteiger partial charge on any atom is 0.232 e. The van der Waals surface area contributed by atoms with Crippen molar-refractivity contribution in [1.82, 2.24) is 4.90 Å². The highest BCUT2D eigenvalue weighted by molar-refractivity contribution is 6.03. The molecule has 2 heterocycles. The van der Waals surface area contributed by atoms with Gasteiger partial charge in [0.25, 0.3) is 0 Å². The van der Waals surface area contributed by atoms with Crippen LogP contribution < -0.4 is 9.80 Å². The van der Waals surface area contributed by atoms with E-state index in [2.05, 4.69) is 9.80 Å². The summed E-state index contributed by atoms with van der Waals surface area (Å²) in [7, 11) is 0. The molecule has 0 radical (unpaired) electrons. The highest BCUT2D eigenvalue weighted by Crippen LogP contribution is 2.49. The Kier molecular flexibility index (Phi) is 5.33. The van der Waals surface area contributed by atoms with E-state index in [1.165, 1.54) is 37.1 Å². The Bertz CT molecular complexity index is 1200. The van der Waals surface area contributed by atoms with Crippen LogP contribution in [0, 0.1) is 17.6 Å². The Morgan fingerprint density at radius 2 is 1.41 bits per heavy atom. The topological polar surface area (TPSA) is 26.8 Å². The summed E-state index contributed by atoms with van der Waals surface area (Å²) in [5.41, 5.74) is 4.45. The molecule has 1 saturated heterocycles. The van der Waals surface area contributed by atoms with Gasteiger partial charge in [0, 0.05) is 5.92 Å². The van der Waals surface area contributed by atoms with Crippen molar-refractivity contribution in [1.29, 1.82) is 0 Å². The number of rotatable bonds is 5. The van der Waals surface area contributed by atoms with Gasteiger partial charge in [0.1, 0.15) is 17.8 Å². The largest absolute Gasteiger partial charge is 0.332 e. The van der Waals surface area contributed by atoms with E-state index in [1.54, 1.807) is 18.2 Å². The van der Waals surface area contributed by atoms with E-state index in [0.717, 1.165) is 48.3 Å². The first-order chi connectivity index (χ1) is 16.6. The Labute approximate surface area is 198 Å². The van der Waals surface area contributed by atoms with Gasteiger partial charge >= 0.3 is 0 Å². The summed E-state index contributed by atoms with van der Waals surface area (Å²) in [6, 6.07) is 19.3. The molecule has 1 aliphatic carbocycles. The molecule has 2 fully saturated rings. The van der Waals surface area contributed by atoms with Crippen molar-refractivity contribution in [2.45, 2.75) is 31.8 Å². The predicted molar refractivity (Wildman–Crippen MR) is 129 cm³/mol. The van der Waals surface area contributed by atoms with Crippen LogP contribution in [-0.2, 0) is 4.79 Å². The summed E-state index contributed by atoms with van der Waals surface area (Å²) >= 11 is 0. The lowest BCUT2D eigenvalue weighted by Gasteiger charge is -2.35. The van der Waals surface area contributed by atoms with Crippen molar-refractivity contribution in [3.8, 4) is 11.1 Å². The molecule has 0 aromatic heterocycles. The van der Waals surface area contributed by atoms with E-state index < -0.39 is 0 Å². The fraction of sp³-hybridized carbons (Fsp3) is 0.321. The van der Waals surface area contributed by atoms with Gasteiger partial charge in [-0.25, -0.2) is 8.78 Å². The molecule has 34 heavy (non-hydrogen) atoms. The summed E-state index contributed by atoms with van der Waals surface area (Å²) in [5.74, 6) is -0.504. The molecule has 3 aliphatic rings. The third-order valence-electron chi connectivity index (χ3n) is 7.15. The smallest absolute Gasteiger partial charge is 0.232 e. The quantitative estimate of drug-likeness (QED) is 0.472. The van der Waals surface area contributed by atoms with Gasteiger partial charge in [0.15, 0.2) is 0 Å². The molecule has 1 unspecified atom stereocenters. The van der Waals surface area contributed by atoms with E-state index in [1.807, 2.05) is 29.2 Å². The Morgan fingerprint density at radius 3 is 2.06 bits per heavy atom. The number of hydrogen-bond acceptors (Lipinski definition) is 3. The maximum absolute atomic E-state index is 14.4. The zero-order chi connectivity index (χ0) is 23.2. The average Bonchev–Trinajstić information content (AvgIpc) is 3.49. The van der Waals surface area contributed by atoms with Crippen LogP contribution in [0.4, 0.5) is 20.2 Å². The molecule has 6 heteroatoms. The Hall–Kier alpha value is -3.25. The third kappa shape index (κ3) is 3.86. The molecule has 0 N–H and O–H groups in total. The number of likely N-dealkylation sites (tertiary alicyclic amines) is 1. The number of carbonyl (C=O) groups excluding carboxylic acids is 1. The lowest BCUT2D eigenvalue weighted by molar-refractivity contribution is -0.120. The van der Waals surface area contributed by atoms with Gasteiger partial charge in [-0.2, -0.15) is 0 Å².